The fourth-order valence-electron chi connectivity index (χ4n) is 1.25. The van der Waals surface area contributed by atoms with Crippen LogP contribution in [0.2, 0.25) is 5.15 Å². The van der Waals surface area contributed by atoms with Crippen molar-refractivity contribution in [3.63, 3.8) is 0 Å². The topological polar surface area (TPSA) is 62.3 Å². The lowest BCUT2D eigenvalue weighted by molar-refractivity contribution is 0.400. The summed E-state index contributed by atoms with van der Waals surface area (Å²) in [6.07, 6.45) is 2.19. The summed E-state index contributed by atoms with van der Waals surface area (Å²) in [6, 6.07) is 2.98. The fourth-order valence-corrected chi connectivity index (χ4v) is 2.78. The summed E-state index contributed by atoms with van der Waals surface area (Å²) in [5.41, 5.74) is 0. The molecule has 7 heteroatoms. The normalized spacial score (nSPS) is 12.0. The Labute approximate surface area is 107 Å². The summed E-state index contributed by atoms with van der Waals surface area (Å²) >= 11 is 5.73. The molecule has 0 saturated carbocycles. The fraction of sp³-hybridized carbons (Fsp3) is 0.500. The lowest BCUT2D eigenvalue weighted by Crippen LogP contribution is -2.27. The summed E-state index contributed by atoms with van der Waals surface area (Å²) in [5, 5.41) is -0.00684. The van der Waals surface area contributed by atoms with Gasteiger partial charge in [-0.15, -0.1) is 0 Å². The SMILES string of the molecule is CN(C)CCCNS(=O)(=O)c1cccnc1Cl. The Hall–Kier alpha value is -0.690. The van der Waals surface area contributed by atoms with E-state index in [4.69, 9.17) is 11.6 Å². The molecule has 0 atom stereocenters. The van der Waals surface area contributed by atoms with Crippen LogP contribution in [0.15, 0.2) is 23.2 Å². The number of halogens is 1. The average molecular weight is 278 g/mol. The van der Waals surface area contributed by atoms with Crippen LogP contribution >= 0.6 is 11.6 Å². The molecule has 0 radical (unpaired) electrons. The lowest BCUT2D eigenvalue weighted by Gasteiger charge is -2.10. The van der Waals surface area contributed by atoms with Crippen LogP contribution in [-0.2, 0) is 10.0 Å². The zero-order chi connectivity index (χ0) is 12.9. The third kappa shape index (κ3) is 4.59. The van der Waals surface area contributed by atoms with Crippen LogP contribution in [0, 0.1) is 0 Å². The summed E-state index contributed by atoms with van der Waals surface area (Å²) in [4.78, 5) is 5.75. The van der Waals surface area contributed by atoms with E-state index in [1.807, 2.05) is 19.0 Å². The van der Waals surface area contributed by atoms with E-state index in [9.17, 15) is 8.42 Å². The predicted molar refractivity (Wildman–Crippen MR) is 67.6 cm³/mol. The van der Waals surface area contributed by atoms with Crippen LogP contribution in [0.1, 0.15) is 6.42 Å². The van der Waals surface area contributed by atoms with Crippen molar-refractivity contribution in [2.45, 2.75) is 11.3 Å². The number of aromatic nitrogens is 1. The van der Waals surface area contributed by atoms with E-state index in [1.54, 1.807) is 6.07 Å². The zero-order valence-corrected chi connectivity index (χ0v) is 11.4. The minimum atomic E-state index is -3.55. The maximum atomic E-state index is 11.8. The summed E-state index contributed by atoms with van der Waals surface area (Å²) in [6.45, 7) is 1.20. The Kier molecular flexibility index (Phi) is 5.32. The highest BCUT2D eigenvalue weighted by atomic mass is 35.5. The number of rotatable bonds is 6. The Bertz CT molecular complexity index is 462. The highest BCUT2D eigenvalue weighted by Gasteiger charge is 2.17. The molecule has 1 aromatic heterocycles. The molecular formula is C10H16ClN3O2S. The quantitative estimate of drug-likeness (QED) is 0.622. The van der Waals surface area contributed by atoms with Gasteiger partial charge in [0.25, 0.3) is 0 Å². The summed E-state index contributed by atoms with van der Waals surface area (Å²) in [7, 11) is 0.322. The number of pyridine rings is 1. The van der Waals surface area contributed by atoms with E-state index < -0.39 is 10.0 Å². The first kappa shape index (κ1) is 14.4. The Balaban J connectivity index is 2.61. The molecule has 0 aliphatic heterocycles. The van der Waals surface area contributed by atoms with Crippen molar-refractivity contribution in [2.75, 3.05) is 27.2 Å². The summed E-state index contributed by atoms with van der Waals surface area (Å²) in [5.74, 6) is 0. The predicted octanol–water partition coefficient (Wildman–Crippen LogP) is 0.965. The maximum absolute atomic E-state index is 11.8. The molecule has 0 aromatic carbocycles. The van der Waals surface area contributed by atoms with Crippen LogP contribution in [0.5, 0.6) is 0 Å². The molecule has 0 fully saturated rings. The van der Waals surface area contributed by atoms with Crippen LogP contribution in [0.4, 0.5) is 0 Å². The number of hydrogen-bond acceptors (Lipinski definition) is 4. The van der Waals surface area contributed by atoms with E-state index >= 15 is 0 Å². The molecule has 0 aliphatic rings. The standard InChI is InChI=1S/C10H16ClN3O2S/c1-14(2)8-4-7-13-17(15,16)9-5-3-6-12-10(9)11/h3,5-6,13H,4,7-8H2,1-2H3. The van der Waals surface area contributed by atoms with Gasteiger partial charge >= 0.3 is 0 Å². The second kappa shape index (κ2) is 6.30. The van der Waals surface area contributed by atoms with E-state index in [-0.39, 0.29) is 10.0 Å². The first-order valence-corrected chi connectivity index (χ1v) is 7.04. The zero-order valence-electron chi connectivity index (χ0n) is 9.85. The third-order valence-electron chi connectivity index (χ3n) is 2.09. The van der Waals surface area contributed by atoms with Crippen molar-refractivity contribution in [1.29, 1.82) is 0 Å². The van der Waals surface area contributed by atoms with Gasteiger partial charge in [-0.05, 0) is 39.2 Å². The van der Waals surface area contributed by atoms with Gasteiger partial charge in [-0.1, -0.05) is 11.6 Å². The van der Waals surface area contributed by atoms with Crippen molar-refractivity contribution < 1.29 is 8.42 Å². The van der Waals surface area contributed by atoms with E-state index in [2.05, 4.69) is 9.71 Å². The van der Waals surface area contributed by atoms with Gasteiger partial charge in [0, 0.05) is 12.7 Å². The van der Waals surface area contributed by atoms with Gasteiger partial charge in [0.2, 0.25) is 10.0 Å². The highest BCUT2D eigenvalue weighted by molar-refractivity contribution is 7.89. The van der Waals surface area contributed by atoms with Crippen LogP contribution in [0.3, 0.4) is 0 Å². The minimum Gasteiger partial charge on any atom is -0.309 e. The van der Waals surface area contributed by atoms with Gasteiger partial charge in [-0.25, -0.2) is 18.1 Å². The Morgan fingerprint density at radius 2 is 2.18 bits per heavy atom. The molecule has 0 aliphatic carbocycles. The van der Waals surface area contributed by atoms with Gasteiger partial charge in [0.1, 0.15) is 10.0 Å². The molecule has 5 nitrogen and oxygen atoms in total. The first-order valence-electron chi connectivity index (χ1n) is 5.18. The highest BCUT2D eigenvalue weighted by Crippen LogP contribution is 2.17. The molecule has 0 spiro atoms. The lowest BCUT2D eigenvalue weighted by atomic mass is 10.4. The number of hydrogen-bond donors (Lipinski definition) is 1. The largest absolute Gasteiger partial charge is 0.309 e. The third-order valence-corrected chi connectivity index (χ3v) is 3.99. The summed E-state index contributed by atoms with van der Waals surface area (Å²) < 4.78 is 26.2. The molecule has 0 amide bonds. The average Bonchev–Trinajstić information content (AvgIpc) is 2.24. The number of nitrogens with one attached hydrogen (secondary N) is 1. The monoisotopic (exact) mass is 277 g/mol. The molecule has 17 heavy (non-hydrogen) atoms. The van der Waals surface area contributed by atoms with Gasteiger partial charge in [0.05, 0.1) is 0 Å². The van der Waals surface area contributed by atoms with Crippen molar-refractivity contribution in [3.8, 4) is 0 Å². The molecule has 1 aromatic rings. The van der Waals surface area contributed by atoms with Gasteiger partial charge in [-0.2, -0.15) is 0 Å². The molecule has 1 heterocycles. The van der Waals surface area contributed by atoms with Crippen LogP contribution in [0.25, 0.3) is 0 Å². The van der Waals surface area contributed by atoms with Crippen LogP contribution < -0.4 is 4.72 Å². The van der Waals surface area contributed by atoms with Crippen molar-refractivity contribution >= 4 is 21.6 Å². The number of nitrogens with zero attached hydrogens (tertiary/aromatic N) is 2. The maximum Gasteiger partial charge on any atom is 0.243 e. The van der Waals surface area contributed by atoms with Crippen LogP contribution in [-0.4, -0.2) is 45.5 Å². The Morgan fingerprint density at radius 3 is 2.76 bits per heavy atom. The molecule has 1 rings (SSSR count). The molecule has 0 saturated heterocycles. The molecule has 0 bridgehead atoms. The Morgan fingerprint density at radius 1 is 1.47 bits per heavy atom. The molecule has 96 valence electrons. The second-order valence-corrected chi connectivity index (χ2v) is 5.94. The van der Waals surface area contributed by atoms with Gasteiger partial charge in [0.15, 0.2) is 0 Å². The van der Waals surface area contributed by atoms with Crippen molar-refractivity contribution in [3.05, 3.63) is 23.5 Å². The molecule has 0 unspecified atom stereocenters. The smallest absolute Gasteiger partial charge is 0.243 e. The van der Waals surface area contributed by atoms with E-state index in [1.165, 1.54) is 12.3 Å². The van der Waals surface area contributed by atoms with Crippen molar-refractivity contribution in [2.24, 2.45) is 0 Å². The second-order valence-electron chi connectivity index (χ2n) is 3.85. The minimum absolute atomic E-state index is 0.00684. The number of sulfonamides is 1. The molecular weight excluding hydrogens is 262 g/mol. The van der Waals surface area contributed by atoms with E-state index in [0.29, 0.717) is 6.54 Å². The molecule has 1 N–H and O–H groups in total. The van der Waals surface area contributed by atoms with Crippen molar-refractivity contribution in [1.82, 2.24) is 14.6 Å². The van der Waals surface area contributed by atoms with Gasteiger partial charge in [-0.3, -0.25) is 0 Å². The van der Waals surface area contributed by atoms with E-state index in [0.717, 1.165) is 13.0 Å². The first-order chi connectivity index (χ1) is 7.93. The van der Waals surface area contributed by atoms with Gasteiger partial charge < -0.3 is 4.90 Å².